The van der Waals surface area contributed by atoms with Crippen LogP contribution in [0.4, 0.5) is 19.0 Å². The molecule has 2 aromatic heterocycles. The molecule has 3 atom stereocenters. The van der Waals surface area contributed by atoms with E-state index in [1.165, 1.54) is 46.7 Å². The number of aromatic hydroxyl groups is 1. The second kappa shape index (κ2) is 11.2. The van der Waals surface area contributed by atoms with Gasteiger partial charge in [0.1, 0.15) is 17.8 Å². The number of nitrogens with one attached hydrogen (secondary N) is 1. The number of hydrogen-bond acceptors (Lipinski definition) is 7. The lowest BCUT2D eigenvalue weighted by Gasteiger charge is -2.27. The number of likely N-dealkylation sites (tertiary alicyclic amines) is 1. The molecule has 2 aliphatic heterocycles. The van der Waals surface area contributed by atoms with Crippen LogP contribution in [0.1, 0.15) is 40.5 Å². The molecule has 0 spiro atoms. The minimum absolute atomic E-state index is 0.105. The van der Waals surface area contributed by atoms with E-state index in [-0.39, 0.29) is 42.2 Å². The third-order valence-electron chi connectivity index (χ3n) is 7.70. The Bertz CT molecular complexity index is 1600. The summed E-state index contributed by atoms with van der Waals surface area (Å²) >= 11 is 1.48. The van der Waals surface area contributed by atoms with Crippen molar-refractivity contribution in [2.75, 3.05) is 30.8 Å². The summed E-state index contributed by atoms with van der Waals surface area (Å²) in [5.41, 5.74) is 2.23. The lowest BCUT2D eigenvalue weighted by Crippen LogP contribution is -2.37. The number of phenolic OH excluding ortho intramolecular Hbond substituents is 1. The lowest BCUT2D eigenvalue weighted by molar-refractivity contribution is 0.0930. The number of amides is 1. The highest BCUT2D eigenvalue weighted by molar-refractivity contribution is 7.98. The number of thioether (sulfide) groups is 1. The summed E-state index contributed by atoms with van der Waals surface area (Å²) < 4.78 is 43.8. The van der Waals surface area contributed by atoms with Crippen LogP contribution in [0.2, 0.25) is 0 Å². The van der Waals surface area contributed by atoms with Crippen molar-refractivity contribution in [1.29, 1.82) is 0 Å². The fraction of sp³-hybridized carbons (Fsp3) is 0.345. The van der Waals surface area contributed by atoms with Gasteiger partial charge in [-0.3, -0.25) is 9.69 Å². The normalized spacial score (nSPS) is 21.2. The van der Waals surface area contributed by atoms with Gasteiger partial charge in [-0.2, -0.15) is 0 Å². The molecule has 4 aromatic rings. The number of nitrogens with zero attached hydrogens (tertiary/aromatic N) is 5. The molecule has 6 rings (SSSR count). The zero-order valence-electron chi connectivity index (χ0n) is 22.3. The summed E-state index contributed by atoms with van der Waals surface area (Å²) in [6.07, 6.45) is 3.20. The first-order chi connectivity index (χ1) is 19.8. The number of carbonyl (C=O) groups is 1. The molecule has 41 heavy (non-hydrogen) atoms. The van der Waals surface area contributed by atoms with Gasteiger partial charge in [0.15, 0.2) is 22.9 Å². The number of carbonyl (C=O) groups excluding carboxylic acids is 1. The number of halogens is 3. The molecular weight excluding hydrogens is 553 g/mol. The average molecular weight is 583 g/mol. The van der Waals surface area contributed by atoms with E-state index >= 15 is 0 Å². The Kier molecular flexibility index (Phi) is 7.52. The number of imidazole rings is 1. The molecule has 2 fully saturated rings. The van der Waals surface area contributed by atoms with Gasteiger partial charge in [-0.05, 0) is 66.3 Å². The Morgan fingerprint density at radius 2 is 2.00 bits per heavy atom. The van der Waals surface area contributed by atoms with Crippen LogP contribution in [0.25, 0.3) is 5.65 Å². The van der Waals surface area contributed by atoms with Crippen molar-refractivity contribution < 1.29 is 23.1 Å². The molecule has 8 nitrogen and oxygen atoms in total. The van der Waals surface area contributed by atoms with Crippen LogP contribution >= 0.6 is 11.8 Å². The van der Waals surface area contributed by atoms with Gasteiger partial charge in [-0.15, -0.1) is 16.9 Å². The van der Waals surface area contributed by atoms with Crippen LogP contribution in [-0.4, -0.2) is 68.6 Å². The number of phenols is 1. The smallest absolute Gasteiger partial charge is 0.271 e. The number of benzene rings is 2. The van der Waals surface area contributed by atoms with Gasteiger partial charge in [0.25, 0.3) is 5.91 Å². The van der Waals surface area contributed by atoms with Gasteiger partial charge in [0, 0.05) is 37.0 Å². The molecule has 2 N–H and O–H groups in total. The molecule has 0 bridgehead atoms. The predicted octanol–water partition coefficient (Wildman–Crippen LogP) is 4.73. The minimum atomic E-state index is -1.11. The van der Waals surface area contributed by atoms with Crippen molar-refractivity contribution in [3.8, 4) is 5.75 Å². The van der Waals surface area contributed by atoms with E-state index in [0.717, 1.165) is 23.4 Å². The molecule has 0 radical (unpaired) electrons. The third kappa shape index (κ3) is 5.58. The molecule has 0 aliphatic carbocycles. The second-order valence-electron chi connectivity index (χ2n) is 10.5. The molecule has 214 valence electrons. The fourth-order valence-electron chi connectivity index (χ4n) is 5.74. The van der Waals surface area contributed by atoms with Crippen molar-refractivity contribution >= 4 is 29.1 Å². The predicted molar refractivity (Wildman–Crippen MR) is 150 cm³/mol. The molecule has 12 heteroatoms. The Hall–Kier alpha value is -3.77. The zero-order chi connectivity index (χ0) is 28.7. The summed E-state index contributed by atoms with van der Waals surface area (Å²) in [7, 11) is 0. The van der Waals surface area contributed by atoms with Gasteiger partial charge in [0.2, 0.25) is 0 Å². The van der Waals surface area contributed by atoms with E-state index in [1.54, 1.807) is 24.3 Å². The molecule has 2 aliphatic rings. The number of hydrogen-bond donors (Lipinski definition) is 2. The summed E-state index contributed by atoms with van der Waals surface area (Å²) in [4.78, 5) is 22.4. The van der Waals surface area contributed by atoms with Crippen molar-refractivity contribution in [3.63, 3.8) is 0 Å². The van der Waals surface area contributed by atoms with Crippen LogP contribution in [-0.2, 0) is 6.54 Å². The first-order valence-electron chi connectivity index (χ1n) is 13.4. The molecular formula is C29H29F3N6O2S. The summed E-state index contributed by atoms with van der Waals surface area (Å²) in [6, 6.07) is 11.8. The highest BCUT2D eigenvalue weighted by Crippen LogP contribution is 2.40. The largest absolute Gasteiger partial charge is 0.505 e. The van der Waals surface area contributed by atoms with E-state index in [0.29, 0.717) is 30.1 Å². The van der Waals surface area contributed by atoms with Crippen LogP contribution in [0.3, 0.4) is 0 Å². The number of anilines is 1. The summed E-state index contributed by atoms with van der Waals surface area (Å²) in [6.45, 7) is 1.96. The Balaban J connectivity index is 1.19. The quantitative estimate of drug-likeness (QED) is 0.305. The third-order valence-corrected chi connectivity index (χ3v) is 8.51. The van der Waals surface area contributed by atoms with E-state index < -0.39 is 18.0 Å². The van der Waals surface area contributed by atoms with Gasteiger partial charge >= 0.3 is 0 Å². The Morgan fingerprint density at radius 3 is 2.80 bits per heavy atom. The Morgan fingerprint density at radius 1 is 1.15 bits per heavy atom. The second-order valence-corrected chi connectivity index (χ2v) is 11.3. The van der Waals surface area contributed by atoms with E-state index in [2.05, 4.69) is 20.3 Å². The molecule has 2 saturated heterocycles. The van der Waals surface area contributed by atoms with Crippen LogP contribution in [0.5, 0.6) is 5.75 Å². The zero-order valence-corrected chi connectivity index (χ0v) is 23.1. The van der Waals surface area contributed by atoms with Crippen molar-refractivity contribution in [2.45, 2.75) is 42.5 Å². The summed E-state index contributed by atoms with van der Waals surface area (Å²) in [5.74, 6) is -1.27. The maximum Gasteiger partial charge on any atom is 0.271 e. The number of fused-ring (bicyclic) bond motifs is 1. The first kappa shape index (κ1) is 27.4. The highest BCUT2D eigenvalue weighted by Gasteiger charge is 2.36. The SMILES string of the molecule is CSc1ccc(F)cc1C1CC(F)CN1c1ccc2ncc(C(=O)NC3CCN(Cc4ccc(F)c(O)c4)C3)n2n1. The van der Waals surface area contributed by atoms with Crippen LogP contribution in [0.15, 0.2) is 59.6 Å². The lowest BCUT2D eigenvalue weighted by atomic mass is 10.0. The average Bonchev–Trinajstić information content (AvgIpc) is 3.68. The maximum absolute atomic E-state index is 14.7. The van der Waals surface area contributed by atoms with Gasteiger partial charge in [-0.25, -0.2) is 22.7 Å². The highest BCUT2D eigenvalue weighted by atomic mass is 32.2. The molecule has 3 unspecified atom stereocenters. The Labute approximate surface area is 239 Å². The van der Waals surface area contributed by atoms with Crippen LogP contribution < -0.4 is 10.2 Å². The fourth-order valence-corrected chi connectivity index (χ4v) is 6.37. The number of aromatic nitrogens is 3. The first-order valence-corrected chi connectivity index (χ1v) is 14.6. The van der Waals surface area contributed by atoms with Crippen molar-refractivity contribution in [2.24, 2.45) is 0 Å². The van der Waals surface area contributed by atoms with Gasteiger partial charge in [0.05, 0.1) is 18.8 Å². The maximum atomic E-state index is 14.7. The molecule has 2 aromatic carbocycles. The van der Waals surface area contributed by atoms with E-state index in [9.17, 15) is 23.1 Å². The topological polar surface area (TPSA) is 86.0 Å². The monoisotopic (exact) mass is 582 g/mol. The minimum Gasteiger partial charge on any atom is -0.505 e. The number of rotatable bonds is 7. The standard InChI is InChI=1S/C29H29F3N6O2S/c1-41-26-5-3-18(30)11-21(26)23-12-19(31)15-37(23)28-7-6-27-33-13-24(38(27)35-28)29(40)34-20-8-9-36(16-20)14-17-2-4-22(32)25(39)10-17/h2-7,10-11,13,19-20,23,39H,8-9,12,14-16H2,1H3,(H,34,40). The van der Waals surface area contributed by atoms with Crippen molar-refractivity contribution in [3.05, 3.63) is 83.2 Å². The summed E-state index contributed by atoms with van der Waals surface area (Å²) in [5, 5.41) is 17.4. The molecule has 4 heterocycles. The molecule has 1 amide bonds. The number of alkyl halides is 1. The van der Waals surface area contributed by atoms with E-state index in [1.807, 2.05) is 11.2 Å². The van der Waals surface area contributed by atoms with Gasteiger partial charge < -0.3 is 15.3 Å². The van der Waals surface area contributed by atoms with Crippen LogP contribution in [0, 0.1) is 11.6 Å². The van der Waals surface area contributed by atoms with Crippen molar-refractivity contribution in [1.82, 2.24) is 24.8 Å². The molecule has 0 saturated carbocycles. The van der Waals surface area contributed by atoms with E-state index in [4.69, 9.17) is 0 Å². The van der Waals surface area contributed by atoms with Gasteiger partial charge in [-0.1, -0.05) is 6.07 Å².